The van der Waals surface area contributed by atoms with Crippen LogP contribution in [0.1, 0.15) is 24.8 Å². The van der Waals surface area contributed by atoms with Crippen molar-refractivity contribution in [3.05, 3.63) is 34.3 Å². The lowest BCUT2D eigenvalue weighted by atomic mass is 9.87. The Morgan fingerprint density at radius 2 is 2.06 bits per heavy atom. The predicted octanol–water partition coefficient (Wildman–Crippen LogP) is 4.82. The molecule has 0 aromatic heterocycles. The summed E-state index contributed by atoms with van der Waals surface area (Å²) in [5, 5.41) is 1.09. The van der Waals surface area contributed by atoms with Crippen molar-refractivity contribution in [3.8, 4) is 0 Å². The minimum atomic E-state index is 0.738. The molecule has 1 aromatic carbocycles. The number of rotatable bonds is 5. The molecule has 0 radical (unpaired) electrons. The Morgan fingerprint density at radius 3 is 2.72 bits per heavy atom. The van der Waals surface area contributed by atoms with Gasteiger partial charge in [-0.15, -0.1) is 0 Å². The van der Waals surface area contributed by atoms with Gasteiger partial charge >= 0.3 is 0 Å². The quantitative estimate of drug-likeness (QED) is 0.670. The lowest BCUT2D eigenvalue weighted by Gasteiger charge is -2.25. The van der Waals surface area contributed by atoms with E-state index in [0.29, 0.717) is 0 Å². The van der Waals surface area contributed by atoms with Gasteiger partial charge in [-0.2, -0.15) is 0 Å². The second-order valence-electron chi connectivity index (χ2n) is 5.15. The predicted molar refractivity (Wildman–Crippen MR) is 83.3 cm³/mol. The van der Waals surface area contributed by atoms with E-state index in [1.807, 2.05) is 0 Å². The highest BCUT2D eigenvalue weighted by Gasteiger charge is 2.19. The highest BCUT2D eigenvalue weighted by molar-refractivity contribution is 9.10. The van der Waals surface area contributed by atoms with E-state index in [2.05, 4.69) is 56.1 Å². The van der Waals surface area contributed by atoms with Crippen LogP contribution < -0.4 is 0 Å². The molecular weight excluding hydrogens is 356 g/mol. The third kappa shape index (κ3) is 4.67. The zero-order chi connectivity index (χ0) is 12.8. The molecule has 1 heterocycles. The molecule has 1 aromatic rings. The molecule has 0 saturated carbocycles. The fourth-order valence-electron chi connectivity index (χ4n) is 2.65. The summed E-state index contributed by atoms with van der Waals surface area (Å²) in [5.41, 5.74) is 1.43. The summed E-state index contributed by atoms with van der Waals surface area (Å²) in [5.74, 6) is 1.59. The monoisotopic (exact) mass is 374 g/mol. The van der Waals surface area contributed by atoms with Crippen molar-refractivity contribution in [2.45, 2.75) is 25.7 Å². The number of halogens is 2. The molecule has 1 atom stereocenters. The second kappa shape index (κ2) is 7.66. The molecule has 1 saturated heterocycles. The van der Waals surface area contributed by atoms with Crippen LogP contribution in [0, 0.1) is 11.8 Å². The Morgan fingerprint density at radius 1 is 1.28 bits per heavy atom. The van der Waals surface area contributed by atoms with Crippen LogP contribution in [0.2, 0.25) is 0 Å². The molecule has 18 heavy (non-hydrogen) atoms. The Hall–Kier alpha value is 0.140. The third-order valence-corrected chi connectivity index (χ3v) is 5.05. The summed E-state index contributed by atoms with van der Waals surface area (Å²) in [4.78, 5) is 0. The van der Waals surface area contributed by atoms with E-state index in [9.17, 15) is 0 Å². The summed E-state index contributed by atoms with van der Waals surface area (Å²) in [6, 6.07) is 8.67. The van der Waals surface area contributed by atoms with Gasteiger partial charge in [-0.1, -0.05) is 44.0 Å². The van der Waals surface area contributed by atoms with Crippen molar-refractivity contribution >= 4 is 31.9 Å². The molecule has 0 spiro atoms. The molecule has 3 heteroatoms. The summed E-state index contributed by atoms with van der Waals surface area (Å²) in [7, 11) is 0. The number of hydrogen-bond donors (Lipinski definition) is 0. The van der Waals surface area contributed by atoms with Crippen LogP contribution >= 0.6 is 31.9 Å². The Bertz CT molecular complexity index is 361. The van der Waals surface area contributed by atoms with Gasteiger partial charge in [0, 0.05) is 23.0 Å². The van der Waals surface area contributed by atoms with Gasteiger partial charge in [-0.3, -0.25) is 0 Å². The van der Waals surface area contributed by atoms with Crippen LogP contribution in [0.3, 0.4) is 0 Å². The average Bonchev–Trinajstić information content (AvgIpc) is 2.39. The summed E-state index contributed by atoms with van der Waals surface area (Å²) in [6.45, 7) is 1.91. The average molecular weight is 376 g/mol. The molecule has 1 nitrogen and oxygen atoms in total. The van der Waals surface area contributed by atoms with Gasteiger partial charge in [0.25, 0.3) is 0 Å². The molecule has 1 aliphatic rings. The standard InChI is InChI=1S/C15H20Br2O/c16-11-14(8-12-4-6-18-7-5-12)9-13-2-1-3-15(17)10-13/h1-3,10,12,14H,4-9,11H2. The normalized spacial score (nSPS) is 18.8. The molecular formula is C15H20Br2O. The largest absolute Gasteiger partial charge is 0.381 e. The molecule has 0 bridgehead atoms. The molecule has 0 amide bonds. The van der Waals surface area contributed by atoms with Crippen LogP contribution in [0.15, 0.2) is 28.7 Å². The van der Waals surface area contributed by atoms with Crippen LogP contribution in [0.5, 0.6) is 0 Å². The van der Waals surface area contributed by atoms with E-state index in [1.54, 1.807) is 0 Å². The second-order valence-corrected chi connectivity index (χ2v) is 6.71. The minimum Gasteiger partial charge on any atom is -0.381 e. The first-order valence-electron chi connectivity index (χ1n) is 6.66. The molecule has 1 unspecified atom stereocenters. The van der Waals surface area contributed by atoms with Gasteiger partial charge in [0.15, 0.2) is 0 Å². The number of hydrogen-bond acceptors (Lipinski definition) is 1. The number of ether oxygens (including phenoxy) is 1. The first kappa shape index (κ1) is 14.5. The van der Waals surface area contributed by atoms with E-state index < -0.39 is 0 Å². The maximum Gasteiger partial charge on any atom is 0.0468 e. The number of benzene rings is 1. The Kier molecular flexibility index (Phi) is 6.19. The molecule has 100 valence electrons. The fourth-order valence-corrected chi connectivity index (χ4v) is 3.59. The third-order valence-electron chi connectivity index (χ3n) is 3.64. The van der Waals surface area contributed by atoms with Crippen molar-refractivity contribution < 1.29 is 4.74 Å². The summed E-state index contributed by atoms with van der Waals surface area (Å²) >= 11 is 7.22. The molecule has 0 aliphatic carbocycles. The van der Waals surface area contributed by atoms with Crippen molar-refractivity contribution in [3.63, 3.8) is 0 Å². The fraction of sp³-hybridized carbons (Fsp3) is 0.600. The van der Waals surface area contributed by atoms with E-state index >= 15 is 0 Å². The molecule has 1 fully saturated rings. The molecule has 1 aliphatic heterocycles. The lowest BCUT2D eigenvalue weighted by Crippen LogP contribution is -2.20. The van der Waals surface area contributed by atoms with E-state index in [1.165, 1.54) is 35.7 Å². The van der Waals surface area contributed by atoms with Gasteiger partial charge in [-0.25, -0.2) is 0 Å². The van der Waals surface area contributed by atoms with Gasteiger partial charge in [0.05, 0.1) is 0 Å². The summed E-state index contributed by atoms with van der Waals surface area (Å²) < 4.78 is 6.61. The summed E-state index contributed by atoms with van der Waals surface area (Å²) in [6.07, 6.45) is 4.97. The van der Waals surface area contributed by atoms with Gasteiger partial charge in [0.1, 0.15) is 0 Å². The SMILES string of the molecule is BrCC(Cc1cccc(Br)c1)CC1CCOCC1. The first-order chi connectivity index (χ1) is 8.78. The molecule has 0 N–H and O–H groups in total. The van der Waals surface area contributed by atoms with E-state index in [0.717, 1.165) is 30.4 Å². The van der Waals surface area contributed by atoms with Crippen molar-refractivity contribution in [2.24, 2.45) is 11.8 Å². The first-order valence-corrected chi connectivity index (χ1v) is 8.57. The number of alkyl halides is 1. The Balaban J connectivity index is 1.88. The minimum absolute atomic E-state index is 0.738. The zero-order valence-corrected chi connectivity index (χ0v) is 13.8. The van der Waals surface area contributed by atoms with Crippen LogP contribution in [-0.4, -0.2) is 18.5 Å². The van der Waals surface area contributed by atoms with Gasteiger partial charge in [0.2, 0.25) is 0 Å². The lowest BCUT2D eigenvalue weighted by molar-refractivity contribution is 0.0596. The zero-order valence-electron chi connectivity index (χ0n) is 10.6. The smallest absolute Gasteiger partial charge is 0.0468 e. The van der Waals surface area contributed by atoms with Crippen LogP contribution in [-0.2, 0) is 11.2 Å². The molecule has 2 rings (SSSR count). The van der Waals surface area contributed by atoms with Crippen LogP contribution in [0.25, 0.3) is 0 Å². The maximum absolute atomic E-state index is 5.43. The highest BCUT2D eigenvalue weighted by Crippen LogP contribution is 2.27. The van der Waals surface area contributed by atoms with Crippen molar-refractivity contribution in [1.29, 1.82) is 0 Å². The highest BCUT2D eigenvalue weighted by atomic mass is 79.9. The van der Waals surface area contributed by atoms with Gasteiger partial charge < -0.3 is 4.74 Å². The van der Waals surface area contributed by atoms with Crippen LogP contribution in [0.4, 0.5) is 0 Å². The van der Waals surface area contributed by atoms with E-state index in [4.69, 9.17) is 4.74 Å². The van der Waals surface area contributed by atoms with E-state index in [-0.39, 0.29) is 0 Å². The maximum atomic E-state index is 5.43. The van der Waals surface area contributed by atoms with Crippen molar-refractivity contribution in [2.75, 3.05) is 18.5 Å². The van der Waals surface area contributed by atoms with Crippen molar-refractivity contribution in [1.82, 2.24) is 0 Å². The Labute approximate surface area is 127 Å². The topological polar surface area (TPSA) is 9.23 Å². The van der Waals surface area contributed by atoms with Gasteiger partial charge in [-0.05, 0) is 55.2 Å².